The van der Waals surface area contributed by atoms with Crippen LogP contribution in [0.2, 0.25) is 0 Å². The van der Waals surface area contributed by atoms with Crippen LogP contribution in [0.25, 0.3) is 5.65 Å². The molecule has 1 saturated carbocycles. The minimum Gasteiger partial charge on any atom is -0.391 e. The van der Waals surface area contributed by atoms with E-state index in [4.69, 9.17) is 0 Å². The number of rotatable bonds is 5. The molecule has 136 valence electrons. The fourth-order valence-electron chi connectivity index (χ4n) is 3.88. The Morgan fingerprint density at radius 3 is 3.00 bits per heavy atom. The highest BCUT2D eigenvalue weighted by Gasteiger charge is 2.35. The molecule has 0 bridgehead atoms. The van der Waals surface area contributed by atoms with E-state index in [9.17, 15) is 9.90 Å². The number of imidazole rings is 2. The largest absolute Gasteiger partial charge is 0.391 e. The third-order valence-electron chi connectivity index (χ3n) is 5.12. The molecular formula is C19H23N5O2. The first-order valence-electron chi connectivity index (χ1n) is 9.06. The van der Waals surface area contributed by atoms with Gasteiger partial charge in [-0.3, -0.25) is 9.20 Å². The summed E-state index contributed by atoms with van der Waals surface area (Å²) >= 11 is 0. The molecule has 0 saturated heterocycles. The molecule has 4 rings (SSSR count). The lowest BCUT2D eigenvalue weighted by Crippen LogP contribution is -2.40. The van der Waals surface area contributed by atoms with E-state index in [0.29, 0.717) is 24.5 Å². The van der Waals surface area contributed by atoms with Gasteiger partial charge in [0.1, 0.15) is 11.3 Å². The number of hydrogen-bond donors (Lipinski definition) is 2. The standard InChI is InChI=1S/C19H23N5O2/c1-2-14-18(24-7-4-3-5-17(24)21-14)19(26)22-15-9-13(10-16(15)25)11-23-8-6-20-12-23/h3-8,12-13,15-16,25H,2,9-11H2,1H3,(H,22,26)/t13?,15-,16-/m1/s1. The summed E-state index contributed by atoms with van der Waals surface area (Å²) in [5.74, 6) is 0.144. The van der Waals surface area contributed by atoms with E-state index in [1.165, 1.54) is 0 Å². The number of carbonyl (C=O) groups is 1. The Kier molecular flexibility index (Phi) is 4.46. The molecule has 0 aliphatic heterocycles. The first-order chi connectivity index (χ1) is 12.7. The SMILES string of the molecule is CCc1nc2ccccn2c1C(=O)N[C@@H]1CC(Cn2ccnc2)C[C@H]1O. The van der Waals surface area contributed by atoms with E-state index in [1.807, 2.05) is 46.5 Å². The Labute approximate surface area is 151 Å². The van der Waals surface area contributed by atoms with Crippen molar-refractivity contribution in [2.24, 2.45) is 5.92 Å². The zero-order chi connectivity index (χ0) is 18.1. The van der Waals surface area contributed by atoms with Crippen LogP contribution in [-0.4, -0.2) is 42.1 Å². The summed E-state index contributed by atoms with van der Waals surface area (Å²) < 4.78 is 3.83. The molecule has 26 heavy (non-hydrogen) atoms. The van der Waals surface area contributed by atoms with Gasteiger partial charge in [-0.05, 0) is 37.3 Å². The molecule has 3 aromatic rings. The Morgan fingerprint density at radius 1 is 1.35 bits per heavy atom. The summed E-state index contributed by atoms with van der Waals surface area (Å²) in [5.41, 5.74) is 2.10. The summed E-state index contributed by atoms with van der Waals surface area (Å²) in [4.78, 5) is 21.5. The van der Waals surface area contributed by atoms with E-state index in [0.717, 1.165) is 24.3 Å². The molecule has 3 heterocycles. The summed E-state index contributed by atoms with van der Waals surface area (Å²) in [7, 11) is 0. The molecule has 0 spiro atoms. The molecule has 1 unspecified atom stereocenters. The minimum atomic E-state index is -0.531. The number of aliphatic hydroxyl groups is 1. The van der Waals surface area contributed by atoms with Crippen LogP contribution in [0.3, 0.4) is 0 Å². The van der Waals surface area contributed by atoms with Crippen LogP contribution < -0.4 is 5.32 Å². The van der Waals surface area contributed by atoms with Gasteiger partial charge in [-0.2, -0.15) is 0 Å². The lowest BCUT2D eigenvalue weighted by Gasteiger charge is -2.17. The van der Waals surface area contributed by atoms with Gasteiger partial charge < -0.3 is 15.0 Å². The van der Waals surface area contributed by atoms with E-state index in [-0.39, 0.29) is 11.9 Å². The second-order valence-corrected chi connectivity index (χ2v) is 6.93. The van der Waals surface area contributed by atoms with Crippen molar-refractivity contribution in [1.29, 1.82) is 0 Å². The van der Waals surface area contributed by atoms with Gasteiger partial charge in [-0.25, -0.2) is 9.97 Å². The number of nitrogens with zero attached hydrogens (tertiary/aromatic N) is 4. The lowest BCUT2D eigenvalue weighted by molar-refractivity contribution is 0.0866. The first-order valence-corrected chi connectivity index (χ1v) is 9.06. The van der Waals surface area contributed by atoms with E-state index < -0.39 is 6.10 Å². The number of amides is 1. The number of nitrogens with one attached hydrogen (secondary N) is 1. The number of carbonyl (C=O) groups excluding carboxylic acids is 1. The summed E-state index contributed by atoms with van der Waals surface area (Å²) in [5, 5.41) is 13.4. The van der Waals surface area contributed by atoms with Crippen LogP contribution in [0, 0.1) is 5.92 Å². The quantitative estimate of drug-likeness (QED) is 0.731. The van der Waals surface area contributed by atoms with Gasteiger partial charge in [-0.15, -0.1) is 0 Å². The van der Waals surface area contributed by atoms with Crippen LogP contribution in [0.1, 0.15) is 35.9 Å². The van der Waals surface area contributed by atoms with Crippen molar-refractivity contribution in [3.63, 3.8) is 0 Å². The van der Waals surface area contributed by atoms with Crippen molar-refractivity contribution in [3.05, 3.63) is 54.5 Å². The van der Waals surface area contributed by atoms with Crippen LogP contribution in [0.4, 0.5) is 0 Å². The average molecular weight is 353 g/mol. The predicted octanol–water partition coefficient (Wildman–Crippen LogP) is 1.66. The molecule has 1 amide bonds. The van der Waals surface area contributed by atoms with Gasteiger partial charge >= 0.3 is 0 Å². The highest BCUT2D eigenvalue weighted by atomic mass is 16.3. The van der Waals surface area contributed by atoms with Gasteiger partial charge in [0, 0.05) is 25.1 Å². The zero-order valence-electron chi connectivity index (χ0n) is 14.7. The number of aromatic nitrogens is 4. The zero-order valence-corrected chi connectivity index (χ0v) is 14.7. The molecule has 2 N–H and O–H groups in total. The number of hydrogen-bond acceptors (Lipinski definition) is 4. The van der Waals surface area contributed by atoms with E-state index in [2.05, 4.69) is 15.3 Å². The molecule has 1 aliphatic rings. The molecule has 0 aromatic carbocycles. The van der Waals surface area contributed by atoms with Gasteiger partial charge in [-0.1, -0.05) is 13.0 Å². The fraction of sp³-hybridized carbons (Fsp3) is 0.421. The molecule has 7 heteroatoms. The second kappa shape index (κ2) is 6.92. The summed E-state index contributed by atoms with van der Waals surface area (Å²) in [6, 6.07) is 5.44. The Balaban J connectivity index is 1.50. The maximum Gasteiger partial charge on any atom is 0.270 e. The lowest BCUT2D eigenvalue weighted by atomic mass is 10.1. The maximum absolute atomic E-state index is 12.9. The van der Waals surface area contributed by atoms with Crippen molar-refractivity contribution >= 4 is 11.6 Å². The van der Waals surface area contributed by atoms with Crippen molar-refractivity contribution in [1.82, 2.24) is 24.3 Å². The second-order valence-electron chi connectivity index (χ2n) is 6.93. The van der Waals surface area contributed by atoms with Gasteiger partial charge in [0.05, 0.1) is 24.2 Å². The van der Waals surface area contributed by atoms with Crippen LogP contribution in [-0.2, 0) is 13.0 Å². The van der Waals surface area contributed by atoms with E-state index in [1.54, 1.807) is 12.5 Å². The topological polar surface area (TPSA) is 84.5 Å². The van der Waals surface area contributed by atoms with E-state index >= 15 is 0 Å². The Morgan fingerprint density at radius 2 is 2.23 bits per heavy atom. The smallest absolute Gasteiger partial charge is 0.270 e. The third-order valence-corrected chi connectivity index (χ3v) is 5.12. The third kappa shape index (κ3) is 3.10. The normalized spacial score (nSPS) is 22.8. The van der Waals surface area contributed by atoms with Crippen LogP contribution in [0.5, 0.6) is 0 Å². The van der Waals surface area contributed by atoms with Crippen LogP contribution in [0.15, 0.2) is 43.1 Å². The predicted molar refractivity (Wildman–Crippen MR) is 96.8 cm³/mol. The molecule has 1 fully saturated rings. The molecule has 3 atom stereocenters. The molecule has 0 radical (unpaired) electrons. The summed E-state index contributed by atoms with van der Waals surface area (Å²) in [6.45, 7) is 2.80. The molecule has 1 aliphatic carbocycles. The van der Waals surface area contributed by atoms with Crippen molar-refractivity contribution < 1.29 is 9.90 Å². The Bertz CT molecular complexity index is 902. The number of aliphatic hydroxyl groups excluding tert-OH is 1. The van der Waals surface area contributed by atoms with Gasteiger partial charge in [0.25, 0.3) is 5.91 Å². The average Bonchev–Trinajstić information content (AvgIpc) is 3.34. The molecular weight excluding hydrogens is 330 g/mol. The molecule has 3 aromatic heterocycles. The monoisotopic (exact) mass is 353 g/mol. The van der Waals surface area contributed by atoms with Gasteiger partial charge in [0.2, 0.25) is 0 Å². The highest BCUT2D eigenvalue weighted by molar-refractivity contribution is 5.95. The molecule has 7 nitrogen and oxygen atoms in total. The number of fused-ring (bicyclic) bond motifs is 1. The highest BCUT2D eigenvalue weighted by Crippen LogP contribution is 2.28. The van der Waals surface area contributed by atoms with Crippen molar-refractivity contribution in [2.45, 2.75) is 44.9 Å². The van der Waals surface area contributed by atoms with Crippen molar-refractivity contribution in [3.8, 4) is 0 Å². The first kappa shape index (κ1) is 16.8. The Hall–Kier alpha value is -2.67. The van der Waals surface area contributed by atoms with Gasteiger partial charge in [0.15, 0.2) is 0 Å². The fourth-order valence-corrected chi connectivity index (χ4v) is 3.88. The number of pyridine rings is 1. The van der Waals surface area contributed by atoms with Crippen molar-refractivity contribution in [2.75, 3.05) is 0 Å². The number of aryl methyl sites for hydroxylation is 1. The minimum absolute atomic E-state index is 0.173. The van der Waals surface area contributed by atoms with Crippen LogP contribution >= 0.6 is 0 Å². The maximum atomic E-state index is 12.9. The summed E-state index contributed by atoms with van der Waals surface area (Å²) in [6.07, 6.45) is 8.89.